The first-order valence-electron chi connectivity index (χ1n) is 5.28. The summed E-state index contributed by atoms with van der Waals surface area (Å²) in [5.74, 6) is 0.737. The van der Waals surface area contributed by atoms with Crippen molar-refractivity contribution in [2.45, 2.75) is 31.6 Å². The molecule has 1 fully saturated rings. The maximum Gasteiger partial charge on any atom is 0.0429 e. The van der Waals surface area contributed by atoms with E-state index in [9.17, 15) is 0 Å². The molecule has 1 aliphatic carbocycles. The van der Waals surface area contributed by atoms with Crippen LogP contribution in [0, 0.1) is 0 Å². The largest absolute Gasteiger partial charge is 0.388 e. The van der Waals surface area contributed by atoms with Crippen LogP contribution in [0.5, 0.6) is 0 Å². The van der Waals surface area contributed by atoms with E-state index in [0.29, 0.717) is 0 Å². The van der Waals surface area contributed by atoms with Gasteiger partial charge in [0, 0.05) is 17.8 Å². The maximum atomic E-state index is 6.07. The van der Waals surface area contributed by atoms with Crippen LogP contribution in [0.3, 0.4) is 0 Å². The molecule has 1 N–H and O–H groups in total. The van der Waals surface area contributed by atoms with Crippen LogP contribution < -0.4 is 5.32 Å². The summed E-state index contributed by atoms with van der Waals surface area (Å²) in [4.78, 5) is 0. The molecule has 2 heteroatoms. The van der Waals surface area contributed by atoms with Crippen molar-refractivity contribution < 1.29 is 0 Å². The highest BCUT2D eigenvalue weighted by atomic mass is 35.5. The van der Waals surface area contributed by atoms with E-state index in [2.05, 4.69) is 17.4 Å². The van der Waals surface area contributed by atoms with Crippen LogP contribution >= 0.6 is 11.6 Å². The monoisotopic (exact) mass is 209 g/mol. The SMILES string of the molecule is CNc1cc(Cl)cc(C2CCCC2)c1. The van der Waals surface area contributed by atoms with E-state index in [1.165, 1.54) is 31.2 Å². The average Bonchev–Trinajstić information content (AvgIpc) is 2.69. The van der Waals surface area contributed by atoms with Gasteiger partial charge in [0.05, 0.1) is 0 Å². The van der Waals surface area contributed by atoms with Crippen molar-refractivity contribution >= 4 is 17.3 Å². The van der Waals surface area contributed by atoms with Crippen LogP contribution in [0.25, 0.3) is 0 Å². The van der Waals surface area contributed by atoms with Crippen molar-refractivity contribution in [1.82, 2.24) is 0 Å². The minimum atomic E-state index is 0.737. The van der Waals surface area contributed by atoms with Crippen LogP contribution in [-0.4, -0.2) is 7.05 Å². The molecule has 0 unspecified atom stereocenters. The Kier molecular flexibility index (Phi) is 2.97. The number of hydrogen-bond acceptors (Lipinski definition) is 1. The van der Waals surface area contributed by atoms with Crippen molar-refractivity contribution in [1.29, 1.82) is 0 Å². The van der Waals surface area contributed by atoms with Gasteiger partial charge in [0.2, 0.25) is 0 Å². The van der Waals surface area contributed by atoms with Gasteiger partial charge in [-0.2, -0.15) is 0 Å². The Morgan fingerprint density at radius 3 is 2.57 bits per heavy atom. The van der Waals surface area contributed by atoms with E-state index in [1.54, 1.807) is 0 Å². The first kappa shape index (κ1) is 9.85. The van der Waals surface area contributed by atoms with Crippen LogP contribution in [0.15, 0.2) is 18.2 Å². The highest BCUT2D eigenvalue weighted by molar-refractivity contribution is 6.30. The predicted molar refractivity (Wildman–Crippen MR) is 62.2 cm³/mol. The fraction of sp³-hybridized carbons (Fsp3) is 0.500. The van der Waals surface area contributed by atoms with Gasteiger partial charge in [-0.3, -0.25) is 0 Å². The van der Waals surface area contributed by atoms with Gasteiger partial charge in [-0.05, 0) is 42.5 Å². The number of halogens is 1. The van der Waals surface area contributed by atoms with E-state index < -0.39 is 0 Å². The van der Waals surface area contributed by atoms with E-state index >= 15 is 0 Å². The molecule has 0 aliphatic heterocycles. The Bertz CT molecular complexity index is 316. The highest BCUT2D eigenvalue weighted by Gasteiger charge is 2.17. The van der Waals surface area contributed by atoms with Crippen molar-refractivity contribution in [3.63, 3.8) is 0 Å². The quantitative estimate of drug-likeness (QED) is 0.775. The van der Waals surface area contributed by atoms with Crippen molar-refractivity contribution in [2.24, 2.45) is 0 Å². The molecule has 0 atom stereocenters. The van der Waals surface area contributed by atoms with Crippen LogP contribution in [0.2, 0.25) is 5.02 Å². The Morgan fingerprint density at radius 1 is 1.21 bits per heavy atom. The Balaban J connectivity index is 2.27. The minimum absolute atomic E-state index is 0.737. The lowest BCUT2D eigenvalue weighted by molar-refractivity contribution is 0.723. The summed E-state index contributed by atoms with van der Waals surface area (Å²) in [6.07, 6.45) is 5.38. The van der Waals surface area contributed by atoms with Crippen LogP contribution in [-0.2, 0) is 0 Å². The molecule has 76 valence electrons. The first-order chi connectivity index (χ1) is 6.79. The zero-order valence-electron chi connectivity index (χ0n) is 8.52. The number of rotatable bonds is 2. The molecule has 0 spiro atoms. The maximum absolute atomic E-state index is 6.07. The molecular formula is C12H16ClN. The Hall–Kier alpha value is -0.690. The molecule has 0 radical (unpaired) electrons. The fourth-order valence-corrected chi connectivity index (χ4v) is 2.50. The third-order valence-electron chi connectivity index (χ3n) is 3.04. The van der Waals surface area contributed by atoms with Gasteiger partial charge >= 0.3 is 0 Å². The normalized spacial score (nSPS) is 17.3. The average molecular weight is 210 g/mol. The summed E-state index contributed by atoms with van der Waals surface area (Å²) in [5, 5.41) is 3.99. The van der Waals surface area contributed by atoms with E-state index in [1.807, 2.05) is 13.1 Å². The lowest BCUT2D eigenvalue weighted by Gasteiger charge is -2.12. The van der Waals surface area contributed by atoms with E-state index in [-0.39, 0.29) is 0 Å². The summed E-state index contributed by atoms with van der Waals surface area (Å²) in [6.45, 7) is 0. The van der Waals surface area contributed by atoms with Crippen molar-refractivity contribution in [3.05, 3.63) is 28.8 Å². The van der Waals surface area contributed by atoms with Crippen LogP contribution in [0.1, 0.15) is 37.2 Å². The lowest BCUT2D eigenvalue weighted by atomic mass is 9.97. The second kappa shape index (κ2) is 4.22. The second-order valence-corrected chi connectivity index (χ2v) is 4.44. The van der Waals surface area contributed by atoms with Gasteiger partial charge in [-0.15, -0.1) is 0 Å². The summed E-state index contributed by atoms with van der Waals surface area (Å²) in [7, 11) is 1.93. The molecule has 0 aromatic heterocycles. The van der Waals surface area contributed by atoms with Gasteiger partial charge < -0.3 is 5.32 Å². The fourth-order valence-electron chi connectivity index (χ4n) is 2.25. The standard InChI is InChI=1S/C12H16ClN/c1-14-12-7-10(6-11(13)8-12)9-4-2-3-5-9/h6-9,14H,2-5H2,1H3. The van der Waals surface area contributed by atoms with Gasteiger partial charge in [-0.25, -0.2) is 0 Å². The van der Waals surface area contributed by atoms with Gasteiger partial charge in [0.15, 0.2) is 0 Å². The van der Waals surface area contributed by atoms with Crippen LogP contribution in [0.4, 0.5) is 5.69 Å². The molecule has 0 amide bonds. The molecule has 1 nitrogen and oxygen atoms in total. The third-order valence-corrected chi connectivity index (χ3v) is 3.25. The summed E-state index contributed by atoms with van der Waals surface area (Å²) < 4.78 is 0. The number of nitrogens with one attached hydrogen (secondary N) is 1. The second-order valence-electron chi connectivity index (χ2n) is 4.00. The first-order valence-corrected chi connectivity index (χ1v) is 5.65. The Morgan fingerprint density at radius 2 is 1.93 bits per heavy atom. The Labute approximate surface area is 90.5 Å². The van der Waals surface area contributed by atoms with E-state index in [4.69, 9.17) is 11.6 Å². The molecule has 1 saturated carbocycles. The lowest BCUT2D eigenvalue weighted by Crippen LogP contribution is -1.95. The molecule has 0 saturated heterocycles. The smallest absolute Gasteiger partial charge is 0.0429 e. The van der Waals surface area contributed by atoms with Gasteiger partial charge in [0.25, 0.3) is 0 Å². The summed E-state index contributed by atoms with van der Waals surface area (Å²) in [5.41, 5.74) is 2.53. The van der Waals surface area contributed by atoms with Crippen molar-refractivity contribution in [2.75, 3.05) is 12.4 Å². The molecule has 1 aliphatic rings. The topological polar surface area (TPSA) is 12.0 Å². The third kappa shape index (κ3) is 2.03. The molecule has 1 aromatic rings. The number of anilines is 1. The predicted octanol–water partition coefficient (Wildman–Crippen LogP) is 4.04. The molecule has 0 bridgehead atoms. The molecular weight excluding hydrogens is 194 g/mol. The molecule has 1 aromatic carbocycles. The van der Waals surface area contributed by atoms with E-state index in [0.717, 1.165) is 16.6 Å². The zero-order valence-corrected chi connectivity index (χ0v) is 9.27. The number of hydrogen-bond donors (Lipinski definition) is 1. The zero-order chi connectivity index (χ0) is 9.97. The number of benzene rings is 1. The molecule has 14 heavy (non-hydrogen) atoms. The van der Waals surface area contributed by atoms with Gasteiger partial charge in [0.1, 0.15) is 0 Å². The highest BCUT2D eigenvalue weighted by Crippen LogP contribution is 2.36. The summed E-state index contributed by atoms with van der Waals surface area (Å²) in [6, 6.07) is 6.31. The van der Waals surface area contributed by atoms with Gasteiger partial charge in [-0.1, -0.05) is 24.4 Å². The minimum Gasteiger partial charge on any atom is -0.388 e. The molecule has 0 heterocycles. The van der Waals surface area contributed by atoms with Crippen molar-refractivity contribution in [3.8, 4) is 0 Å². The summed E-state index contributed by atoms with van der Waals surface area (Å²) >= 11 is 6.07. The molecule has 2 rings (SSSR count).